The molecule has 3 nitrogen and oxygen atoms in total. The molecule has 1 saturated carbocycles. The first kappa shape index (κ1) is 30.9. The van der Waals surface area contributed by atoms with Crippen molar-refractivity contribution in [2.75, 3.05) is 6.61 Å². The molecule has 5 atom stereocenters. The molecule has 40 heavy (non-hydrogen) atoms. The Morgan fingerprint density at radius 2 is 1.35 bits per heavy atom. The summed E-state index contributed by atoms with van der Waals surface area (Å²) < 4.78 is 23.7. The normalized spacial score (nSPS) is 20.1. The maximum absolute atomic E-state index is 13.2. The van der Waals surface area contributed by atoms with Crippen LogP contribution in [0.2, 0.25) is 5.04 Å². The molecule has 0 saturated heterocycles. The highest BCUT2D eigenvalue weighted by atomic mass is 32.2. The van der Waals surface area contributed by atoms with Crippen LogP contribution in [-0.2, 0) is 21.8 Å². The van der Waals surface area contributed by atoms with E-state index in [1.54, 1.807) is 0 Å². The van der Waals surface area contributed by atoms with Crippen LogP contribution in [0, 0.1) is 17.8 Å². The molecule has 1 aliphatic rings. The van der Waals surface area contributed by atoms with Crippen LogP contribution in [0.4, 0.5) is 0 Å². The third kappa shape index (κ3) is 7.23. The summed E-state index contributed by atoms with van der Waals surface area (Å²) in [4.78, 5) is 0. The first-order valence-corrected chi connectivity index (χ1v) is 18.0. The minimum absolute atomic E-state index is 0.0188. The molecule has 3 aromatic rings. The molecule has 216 valence electrons. The number of benzene rings is 3. The van der Waals surface area contributed by atoms with E-state index >= 15 is 0 Å². The molecule has 0 heterocycles. The average Bonchev–Trinajstić information content (AvgIpc) is 3.71. The predicted molar refractivity (Wildman–Crippen MR) is 174 cm³/mol. The molecule has 1 N–H and O–H groups in total. The van der Waals surface area contributed by atoms with Crippen molar-refractivity contribution in [1.29, 1.82) is 0 Å². The van der Waals surface area contributed by atoms with Crippen molar-refractivity contribution >= 4 is 29.7 Å². The zero-order valence-electron chi connectivity index (χ0n) is 25.5. The second kappa shape index (κ2) is 12.9. The molecule has 0 unspecified atom stereocenters. The van der Waals surface area contributed by atoms with Crippen molar-refractivity contribution in [1.82, 2.24) is 4.72 Å². The van der Waals surface area contributed by atoms with E-state index in [2.05, 4.69) is 123 Å². The van der Waals surface area contributed by atoms with Gasteiger partial charge in [0.25, 0.3) is 8.32 Å². The van der Waals surface area contributed by atoms with Gasteiger partial charge in [-0.3, -0.25) is 0 Å². The molecule has 0 radical (unpaired) electrons. The first-order valence-electron chi connectivity index (χ1n) is 14.9. The minimum atomic E-state index is -2.54. The van der Waals surface area contributed by atoms with Crippen molar-refractivity contribution in [3.63, 3.8) is 0 Å². The molecule has 0 aliphatic heterocycles. The van der Waals surface area contributed by atoms with E-state index in [1.807, 2.05) is 20.8 Å². The highest BCUT2D eigenvalue weighted by Crippen LogP contribution is 2.48. The summed E-state index contributed by atoms with van der Waals surface area (Å²) >= 11 is 0. The Morgan fingerprint density at radius 3 is 1.82 bits per heavy atom. The molecule has 1 fully saturated rings. The molecule has 5 heteroatoms. The minimum Gasteiger partial charge on any atom is -0.407 e. The van der Waals surface area contributed by atoms with Crippen LogP contribution in [0.25, 0.3) is 0 Å². The van der Waals surface area contributed by atoms with E-state index in [9.17, 15) is 4.21 Å². The van der Waals surface area contributed by atoms with Gasteiger partial charge in [0, 0.05) is 12.6 Å². The standard InChI is InChI=1S/C35H49NO2SSi/c1-27(33(36-39(37)34(2,3)4)24-23-28-17-11-8-12-18-28)32-25-29(32)26-38-40(35(5,6)7,30-19-13-9-14-20-30)31-21-15-10-16-22-31/h8-22,27,29,32-33,36H,23-26H2,1-7H3/t27-,29-,32+,33-,39-/m1/s1. The maximum Gasteiger partial charge on any atom is 0.261 e. The molecule has 0 aromatic heterocycles. The molecule has 1 aliphatic carbocycles. The summed E-state index contributed by atoms with van der Waals surface area (Å²) in [6, 6.07) is 32.7. The second-order valence-electron chi connectivity index (χ2n) is 13.6. The van der Waals surface area contributed by atoms with Crippen molar-refractivity contribution in [2.24, 2.45) is 17.8 Å². The molecular formula is C35H49NO2SSi. The Bertz CT molecular complexity index is 1180. The van der Waals surface area contributed by atoms with Gasteiger partial charge in [-0.2, -0.15) is 0 Å². The maximum atomic E-state index is 13.2. The van der Waals surface area contributed by atoms with E-state index < -0.39 is 19.3 Å². The van der Waals surface area contributed by atoms with Crippen LogP contribution in [0.1, 0.15) is 66.9 Å². The second-order valence-corrected chi connectivity index (χ2v) is 19.9. The van der Waals surface area contributed by atoms with Crippen molar-refractivity contribution in [3.05, 3.63) is 96.6 Å². The average molecular weight is 576 g/mol. The zero-order chi connectivity index (χ0) is 29.0. The van der Waals surface area contributed by atoms with Gasteiger partial charge in [0.05, 0.1) is 15.7 Å². The van der Waals surface area contributed by atoms with E-state index in [-0.39, 0.29) is 15.8 Å². The Balaban J connectivity index is 1.52. The fraction of sp³-hybridized carbons (Fsp3) is 0.486. The van der Waals surface area contributed by atoms with E-state index in [0.29, 0.717) is 17.8 Å². The fourth-order valence-electron chi connectivity index (χ4n) is 6.11. The third-order valence-corrected chi connectivity index (χ3v) is 15.3. The smallest absolute Gasteiger partial charge is 0.261 e. The number of aryl methyl sites for hydroxylation is 1. The largest absolute Gasteiger partial charge is 0.407 e. The van der Waals surface area contributed by atoms with Crippen molar-refractivity contribution < 1.29 is 8.63 Å². The Kier molecular flexibility index (Phi) is 9.93. The molecular weight excluding hydrogens is 527 g/mol. The lowest BCUT2D eigenvalue weighted by Crippen LogP contribution is -2.66. The number of nitrogens with one attached hydrogen (secondary N) is 1. The molecule has 0 spiro atoms. The van der Waals surface area contributed by atoms with Crippen LogP contribution >= 0.6 is 0 Å². The zero-order valence-corrected chi connectivity index (χ0v) is 27.3. The predicted octanol–water partition coefficient (Wildman–Crippen LogP) is 6.89. The van der Waals surface area contributed by atoms with Gasteiger partial charge < -0.3 is 4.43 Å². The lowest BCUT2D eigenvalue weighted by atomic mass is 9.91. The van der Waals surface area contributed by atoms with Gasteiger partial charge in [0.15, 0.2) is 0 Å². The SMILES string of the molecule is C[C@H]([C@@H]1C[C@@H]1CO[Si](c1ccccc1)(c1ccccc1)C(C)(C)C)[C@@H](CCc1ccccc1)N[S@](=O)C(C)(C)C. The van der Waals surface area contributed by atoms with Gasteiger partial charge in [-0.15, -0.1) is 0 Å². The molecule has 0 bridgehead atoms. The fourth-order valence-corrected chi connectivity index (χ4v) is 11.7. The van der Waals surface area contributed by atoms with Gasteiger partial charge >= 0.3 is 0 Å². The molecule has 0 amide bonds. The van der Waals surface area contributed by atoms with Crippen molar-refractivity contribution in [2.45, 2.75) is 83.6 Å². The number of hydrogen-bond donors (Lipinski definition) is 1. The van der Waals surface area contributed by atoms with Crippen LogP contribution < -0.4 is 15.1 Å². The summed E-state index contributed by atoms with van der Waals surface area (Å²) in [6.45, 7) is 16.3. The first-order chi connectivity index (χ1) is 18.9. The van der Waals surface area contributed by atoms with Crippen LogP contribution in [-0.4, -0.2) is 29.9 Å². The monoisotopic (exact) mass is 575 g/mol. The Labute approximate surface area is 246 Å². The van der Waals surface area contributed by atoms with E-state index in [1.165, 1.54) is 22.4 Å². The van der Waals surface area contributed by atoms with Gasteiger partial charge in [-0.05, 0) is 78.8 Å². The lowest BCUT2D eigenvalue weighted by Gasteiger charge is -2.43. The summed E-state index contributed by atoms with van der Waals surface area (Å²) in [7, 11) is -3.64. The van der Waals surface area contributed by atoms with Crippen LogP contribution in [0.15, 0.2) is 91.0 Å². The quantitative estimate of drug-likeness (QED) is 0.239. The Hall–Kier alpha value is -2.05. The summed E-state index contributed by atoms with van der Waals surface area (Å²) in [5, 5.41) is 2.65. The highest BCUT2D eigenvalue weighted by molar-refractivity contribution is 7.84. The number of rotatable bonds is 12. The van der Waals surface area contributed by atoms with Crippen LogP contribution in [0.5, 0.6) is 0 Å². The summed E-state index contributed by atoms with van der Waals surface area (Å²) in [5.74, 6) is 1.52. The molecule has 3 aromatic carbocycles. The van der Waals surface area contributed by atoms with Gasteiger partial charge in [-0.1, -0.05) is 119 Å². The van der Waals surface area contributed by atoms with Gasteiger partial charge in [0.1, 0.15) is 0 Å². The topological polar surface area (TPSA) is 38.3 Å². The summed E-state index contributed by atoms with van der Waals surface area (Å²) in [6.07, 6.45) is 3.14. The van der Waals surface area contributed by atoms with E-state index in [4.69, 9.17) is 4.43 Å². The number of hydrogen-bond acceptors (Lipinski definition) is 2. The van der Waals surface area contributed by atoms with Gasteiger partial charge in [-0.25, -0.2) is 8.93 Å². The third-order valence-electron chi connectivity index (χ3n) is 8.62. The summed E-state index contributed by atoms with van der Waals surface area (Å²) in [5.41, 5.74) is 1.34. The Morgan fingerprint density at radius 1 is 0.850 bits per heavy atom. The van der Waals surface area contributed by atoms with Crippen molar-refractivity contribution in [3.8, 4) is 0 Å². The van der Waals surface area contributed by atoms with Crippen LogP contribution in [0.3, 0.4) is 0 Å². The van der Waals surface area contributed by atoms with Gasteiger partial charge in [0.2, 0.25) is 0 Å². The van der Waals surface area contributed by atoms with E-state index in [0.717, 1.165) is 19.4 Å². The molecule has 4 rings (SSSR count). The highest BCUT2D eigenvalue weighted by Gasteiger charge is 2.52. The lowest BCUT2D eigenvalue weighted by molar-refractivity contribution is 0.256.